The highest BCUT2D eigenvalue weighted by Gasteiger charge is 2.31. The van der Waals surface area contributed by atoms with E-state index in [4.69, 9.17) is 4.52 Å². The number of rotatable bonds is 6. The fourth-order valence-corrected chi connectivity index (χ4v) is 2.00. The second-order valence-electron chi connectivity index (χ2n) is 4.52. The van der Waals surface area contributed by atoms with Gasteiger partial charge in [0, 0.05) is 18.5 Å². The molecule has 0 spiro atoms. The Kier molecular flexibility index (Phi) is 4.89. The summed E-state index contributed by atoms with van der Waals surface area (Å²) in [6.07, 6.45) is -2.24. The zero-order chi connectivity index (χ0) is 16.2. The van der Waals surface area contributed by atoms with Crippen molar-refractivity contribution in [1.29, 1.82) is 0 Å². The molecule has 120 valence electrons. The second kappa shape index (κ2) is 6.67. The highest BCUT2D eigenvalue weighted by Crippen LogP contribution is 2.23. The number of hydrogen-bond acceptors (Lipinski definition) is 5. The molecule has 0 unspecified atom stereocenters. The third-order valence-corrected chi connectivity index (χ3v) is 3.02. The first-order valence-corrected chi connectivity index (χ1v) is 6.85. The number of hydrogen-bond donors (Lipinski definition) is 1. The first kappa shape index (κ1) is 16.1. The monoisotopic (exact) mass is 315 g/mol. The molecule has 0 radical (unpaired) electrons. The van der Waals surface area contributed by atoms with Gasteiger partial charge in [0.2, 0.25) is 0 Å². The second-order valence-corrected chi connectivity index (χ2v) is 4.52. The summed E-state index contributed by atoms with van der Waals surface area (Å²) in [5.74, 6) is 0.882. The number of aromatic nitrogens is 2. The molecule has 2 aromatic rings. The zero-order valence-electron chi connectivity index (χ0n) is 12.2. The van der Waals surface area contributed by atoms with Gasteiger partial charge in [0.05, 0.1) is 11.9 Å². The normalized spacial score (nSPS) is 11.5. The van der Waals surface area contributed by atoms with E-state index in [-0.39, 0.29) is 5.75 Å². The molecular weight excluding hydrogens is 299 g/mol. The Labute approximate surface area is 125 Å². The van der Waals surface area contributed by atoms with E-state index >= 15 is 0 Å². The van der Waals surface area contributed by atoms with Crippen LogP contribution >= 0.6 is 0 Å². The molecule has 0 aliphatic heterocycles. The average molecular weight is 315 g/mol. The van der Waals surface area contributed by atoms with Crippen LogP contribution in [0.5, 0.6) is 5.75 Å². The number of nitrogens with one attached hydrogen (secondary N) is 1. The molecule has 0 bridgehead atoms. The highest BCUT2D eigenvalue weighted by atomic mass is 19.4. The van der Waals surface area contributed by atoms with Gasteiger partial charge in [-0.1, -0.05) is 19.0 Å². The summed E-state index contributed by atoms with van der Waals surface area (Å²) in [6.45, 7) is 4.38. The van der Waals surface area contributed by atoms with E-state index < -0.39 is 6.36 Å². The number of halogens is 3. The summed E-state index contributed by atoms with van der Waals surface area (Å²) >= 11 is 0. The van der Waals surface area contributed by atoms with Crippen molar-refractivity contribution >= 4 is 5.82 Å². The van der Waals surface area contributed by atoms with Crippen molar-refractivity contribution in [3.8, 4) is 5.75 Å². The lowest BCUT2D eigenvalue weighted by Gasteiger charge is -2.10. The average Bonchev–Trinajstić information content (AvgIpc) is 2.87. The molecule has 0 aliphatic carbocycles. The Morgan fingerprint density at radius 2 is 2.00 bits per heavy atom. The summed E-state index contributed by atoms with van der Waals surface area (Å²) in [4.78, 5) is 3.89. The van der Waals surface area contributed by atoms with Crippen LogP contribution in [-0.4, -0.2) is 16.5 Å². The minimum absolute atomic E-state index is 0.355. The predicted octanol–water partition coefficient (Wildman–Crippen LogP) is 3.71. The summed E-state index contributed by atoms with van der Waals surface area (Å²) in [5.41, 5.74) is 1.82. The number of ether oxygens (including phenoxy) is 1. The van der Waals surface area contributed by atoms with Gasteiger partial charge in [0.1, 0.15) is 17.3 Å². The van der Waals surface area contributed by atoms with Gasteiger partial charge in [-0.25, -0.2) is 4.98 Å². The Morgan fingerprint density at radius 3 is 2.55 bits per heavy atom. The smallest absolute Gasteiger partial charge is 0.404 e. The molecule has 0 saturated heterocycles. The standard InChI is InChI=1S/C14H16F3N3O2/c1-3-11-10(12(4-2)22-20-11)8-19-13-6-5-9(7-18-13)21-14(15,16)17/h5-7H,3-4,8H2,1-2H3,(H,18,19). The number of nitrogens with zero attached hydrogens (tertiary/aromatic N) is 2. The van der Waals surface area contributed by atoms with E-state index in [1.54, 1.807) is 0 Å². The molecule has 8 heteroatoms. The molecule has 5 nitrogen and oxygen atoms in total. The van der Waals surface area contributed by atoms with E-state index in [2.05, 4.69) is 20.2 Å². The third kappa shape index (κ3) is 4.12. The minimum Gasteiger partial charge on any atom is -0.404 e. The van der Waals surface area contributed by atoms with Gasteiger partial charge in [-0.3, -0.25) is 0 Å². The molecule has 0 aromatic carbocycles. The highest BCUT2D eigenvalue weighted by molar-refractivity contribution is 5.39. The van der Waals surface area contributed by atoms with Gasteiger partial charge < -0.3 is 14.6 Å². The summed E-state index contributed by atoms with van der Waals surface area (Å²) in [6, 6.07) is 2.63. The lowest BCUT2D eigenvalue weighted by Crippen LogP contribution is -2.17. The van der Waals surface area contributed by atoms with Crippen molar-refractivity contribution in [2.75, 3.05) is 5.32 Å². The molecule has 2 heterocycles. The Hall–Kier alpha value is -2.25. The predicted molar refractivity (Wildman–Crippen MR) is 73.5 cm³/mol. The molecule has 1 N–H and O–H groups in total. The summed E-state index contributed by atoms with van der Waals surface area (Å²) in [7, 11) is 0. The topological polar surface area (TPSA) is 60.2 Å². The van der Waals surface area contributed by atoms with Crippen LogP contribution in [0.25, 0.3) is 0 Å². The van der Waals surface area contributed by atoms with Crippen LogP contribution in [0.4, 0.5) is 19.0 Å². The fourth-order valence-electron chi connectivity index (χ4n) is 2.00. The third-order valence-electron chi connectivity index (χ3n) is 3.02. The van der Waals surface area contributed by atoms with E-state index in [0.717, 1.165) is 36.1 Å². The van der Waals surface area contributed by atoms with Crippen LogP contribution in [0.2, 0.25) is 0 Å². The Bertz CT molecular complexity index is 587. The molecule has 0 amide bonds. The molecule has 22 heavy (non-hydrogen) atoms. The maximum Gasteiger partial charge on any atom is 0.573 e. The number of pyridine rings is 1. The van der Waals surface area contributed by atoms with Crippen LogP contribution < -0.4 is 10.1 Å². The molecule has 2 aromatic heterocycles. The molecule has 0 atom stereocenters. The molecule has 2 rings (SSSR count). The van der Waals surface area contributed by atoms with Crippen molar-refractivity contribution in [1.82, 2.24) is 10.1 Å². The lowest BCUT2D eigenvalue weighted by atomic mass is 10.1. The molecule has 0 saturated carbocycles. The van der Waals surface area contributed by atoms with Crippen molar-refractivity contribution in [3.63, 3.8) is 0 Å². The number of anilines is 1. The van der Waals surface area contributed by atoms with Gasteiger partial charge in [0.15, 0.2) is 0 Å². The van der Waals surface area contributed by atoms with Gasteiger partial charge in [-0.2, -0.15) is 0 Å². The van der Waals surface area contributed by atoms with Gasteiger partial charge >= 0.3 is 6.36 Å². The van der Waals surface area contributed by atoms with Crippen molar-refractivity contribution < 1.29 is 22.4 Å². The molecule has 0 aliphatic rings. The Morgan fingerprint density at radius 1 is 1.23 bits per heavy atom. The number of alkyl halides is 3. The summed E-state index contributed by atoms with van der Waals surface area (Å²) < 4.78 is 45.2. The van der Waals surface area contributed by atoms with Gasteiger partial charge in [-0.05, 0) is 18.6 Å². The van der Waals surface area contributed by atoms with E-state index in [0.29, 0.717) is 12.4 Å². The lowest BCUT2D eigenvalue weighted by molar-refractivity contribution is -0.274. The quantitative estimate of drug-likeness (QED) is 0.880. The van der Waals surface area contributed by atoms with Crippen LogP contribution in [-0.2, 0) is 19.4 Å². The van der Waals surface area contributed by atoms with Gasteiger partial charge in [-0.15, -0.1) is 13.2 Å². The fraction of sp³-hybridized carbons (Fsp3) is 0.429. The summed E-state index contributed by atoms with van der Waals surface area (Å²) in [5, 5.41) is 7.03. The van der Waals surface area contributed by atoms with E-state index in [1.165, 1.54) is 12.1 Å². The van der Waals surface area contributed by atoms with Crippen LogP contribution in [0.1, 0.15) is 30.9 Å². The van der Waals surface area contributed by atoms with Crippen molar-refractivity contribution in [2.24, 2.45) is 0 Å². The Balaban J connectivity index is 2.02. The maximum atomic E-state index is 12.1. The molecular formula is C14H16F3N3O2. The first-order chi connectivity index (χ1) is 10.4. The van der Waals surface area contributed by atoms with Crippen LogP contribution in [0, 0.1) is 0 Å². The van der Waals surface area contributed by atoms with Crippen LogP contribution in [0.3, 0.4) is 0 Å². The maximum absolute atomic E-state index is 12.1. The van der Waals surface area contributed by atoms with E-state index in [1.807, 2.05) is 13.8 Å². The zero-order valence-corrected chi connectivity index (χ0v) is 12.2. The SMILES string of the molecule is CCc1noc(CC)c1CNc1ccc(OC(F)(F)F)cn1. The van der Waals surface area contributed by atoms with Crippen LogP contribution in [0.15, 0.2) is 22.9 Å². The minimum atomic E-state index is -4.72. The van der Waals surface area contributed by atoms with Crippen molar-refractivity contribution in [2.45, 2.75) is 39.6 Å². The number of aryl methyl sites for hydroxylation is 2. The first-order valence-electron chi connectivity index (χ1n) is 6.85. The molecule has 0 fully saturated rings. The van der Waals surface area contributed by atoms with Gasteiger partial charge in [0.25, 0.3) is 0 Å². The van der Waals surface area contributed by atoms with E-state index in [9.17, 15) is 13.2 Å². The van der Waals surface area contributed by atoms with Crippen molar-refractivity contribution in [3.05, 3.63) is 35.3 Å². The largest absolute Gasteiger partial charge is 0.573 e.